The average molecular weight is 447 g/mol. The predicted molar refractivity (Wildman–Crippen MR) is 119 cm³/mol. The molecule has 1 aromatic heterocycles. The Hall–Kier alpha value is -4.46. The van der Waals surface area contributed by atoms with E-state index < -0.39 is 23.4 Å². The van der Waals surface area contributed by atoms with E-state index in [0.717, 1.165) is 0 Å². The second-order valence-electron chi connectivity index (χ2n) is 7.01. The van der Waals surface area contributed by atoms with Gasteiger partial charge in [0.05, 0.1) is 0 Å². The smallest absolute Gasteiger partial charge is 0.259 e. The Kier molecular flexibility index (Phi) is 6.17. The van der Waals surface area contributed by atoms with Gasteiger partial charge in [0.1, 0.15) is 28.8 Å². The SMILES string of the molecule is Cc1c(F)c(Oc2cccc(Oc3ccccc3)c2)nc(Oc2cccc(C(=N)N)c2)c1F. The van der Waals surface area contributed by atoms with Crippen LogP contribution >= 0.6 is 0 Å². The summed E-state index contributed by atoms with van der Waals surface area (Å²) in [5.41, 5.74) is 5.56. The third-order valence-corrected chi connectivity index (χ3v) is 4.60. The molecule has 3 aromatic carbocycles. The predicted octanol–water partition coefficient (Wildman–Crippen LogP) is 6.33. The van der Waals surface area contributed by atoms with Crippen molar-refractivity contribution in [3.8, 4) is 34.8 Å². The molecule has 0 saturated heterocycles. The fourth-order valence-corrected chi connectivity index (χ4v) is 2.92. The number of pyridine rings is 1. The van der Waals surface area contributed by atoms with Crippen LogP contribution in [0.1, 0.15) is 11.1 Å². The van der Waals surface area contributed by atoms with Crippen LogP contribution in [0.2, 0.25) is 0 Å². The van der Waals surface area contributed by atoms with Crippen LogP contribution in [0.3, 0.4) is 0 Å². The summed E-state index contributed by atoms with van der Waals surface area (Å²) in [6, 6.07) is 21.9. The van der Waals surface area contributed by atoms with Crippen LogP contribution in [0.15, 0.2) is 78.9 Å². The van der Waals surface area contributed by atoms with Crippen LogP contribution in [0.5, 0.6) is 34.8 Å². The molecule has 0 amide bonds. The Balaban J connectivity index is 1.61. The van der Waals surface area contributed by atoms with E-state index in [1.54, 1.807) is 48.5 Å². The molecule has 33 heavy (non-hydrogen) atoms. The largest absolute Gasteiger partial charge is 0.457 e. The van der Waals surface area contributed by atoms with Crippen molar-refractivity contribution in [3.05, 3.63) is 102 Å². The molecule has 4 rings (SSSR count). The number of nitrogens with one attached hydrogen (secondary N) is 1. The Morgan fingerprint density at radius 3 is 1.85 bits per heavy atom. The van der Waals surface area contributed by atoms with E-state index in [9.17, 15) is 8.78 Å². The number of nitrogen functional groups attached to an aromatic ring is 1. The lowest BCUT2D eigenvalue weighted by Gasteiger charge is -2.13. The molecule has 4 aromatic rings. The number of nitrogens with two attached hydrogens (primary N) is 1. The number of amidine groups is 1. The Morgan fingerprint density at radius 1 is 0.727 bits per heavy atom. The molecule has 6 nitrogen and oxygen atoms in total. The molecule has 0 aliphatic carbocycles. The molecular formula is C25H19F2N3O3. The van der Waals surface area contributed by atoms with Gasteiger partial charge in [-0.3, -0.25) is 5.41 Å². The lowest BCUT2D eigenvalue weighted by atomic mass is 10.2. The molecule has 1 heterocycles. The third-order valence-electron chi connectivity index (χ3n) is 4.60. The average Bonchev–Trinajstić information content (AvgIpc) is 2.82. The molecule has 0 bridgehead atoms. The van der Waals surface area contributed by atoms with Crippen LogP contribution in [0, 0.1) is 24.0 Å². The first-order valence-electron chi connectivity index (χ1n) is 9.89. The lowest BCUT2D eigenvalue weighted by molar-refractivity contribution is 0.371. The van der Waals surface area contributed by atoms with Crippen molar-refractivity contribution in [2.75, 3.05) is 0 Å². The zero-order valence-electron chi connectivity index (χ0n) is 17.5. The topological polar surface area (TPSA) is 90.5 Å². The first kappa shape index (κ1) is 21.8. The Morgan fingerprint density at radius 2 is 1.24 bits per heavy atom. The molecule has 0 atom stereocenters. The second-order valence-corrected chi connectivity index (χ2v) is 7.01. The molecule has 3 N–H and O–H groups in total. The minimum atomic E-state index is -0.964. The minimum absolute atomic E-state index is 0.175. The van der Waals surface area contributed by atoms with Crippen molar-refractivity contribution in [3.63, 3.8) is 0 Å². The molecule has 8 heteroatoms. The maximum atomic E-state index is 14.7. The number of halogens is 2. The van der Waals surface area contributed by atoms with Crippen LogP contribution in [0.25, 0.3) is 0 Å². The van der Waals surface area contributed by atoms with Crippen LogP contribution < -0.4 is 19.9 Å². The van der Waals surface area contributed by atoms with Gasteiger partial charge in [-0.2, -0.15) is 4.98 Å². The fourth-order valence-electron chi connectivity index (χ4n) is 2.92. The van der Waals surface area contributed by atoms with Gasteiger partial charge in [-0.05, 0) is 43.3 Å². The minimum Gasteiger partial charge on any atom is -0.457 e. The standard InChI is InChI=1S/C25H19F2N3O3/c1-15-21(26)24(32-18-10-5-7-16(13-18)23(28)29)30-25(22(15)27)33-20-12-6-11-19(14-20)31-17-8-3-2-4-9-17/h2-14H,1H3,(H3,28,29). The molecule has 0 aliphatic rings. The molecule has 0 spiro atoms. The highest BCUT2D eigenvalue weighted by Gasteiger charge is 2.21. The number of nitrogens with zero attached hydrogens (tertiary/aromatic N) is 1. The van der Waals surface area contributed by atoms with Crippen LogP contribution in [-0.2, 0) is 0 Å². The van der Waals surface area contributed by atoms with Crippen molar-refractivity contribution in [1.82, 2.24) is 4.98 Å². The van der Waals surface area contributed by atoms with E-state index in [-0.39, 0.29) is 22.9 Å². The molecule has 0 fully saturated rings. The number of hydrogen-bond donors (Lipinski definition) is 2. The van der Waals surface area contributed by atoms with Gasteiger partial charge < -0.3 is 19.9 Å². The zero-order valence-corrected chi connectivity index (χ0v) is 17.5. The summed E-state index contributed by atoms with van der Waals surface area (Å²) in [7, 11) is 0. The summed E-state index contributed by atoms with van der Waals surface area (Å²) < 4.78 is 46.2. The first-order chi connectivity index (χ1) is 15.9. The molecule has 166 valence electrons. The summed E-state index contributed by atoms with van der Waals surface area (Å²) in [6.45, 7) is 1.26. The van der Waals surface area contributed by atoms with Crippen molar-refractivity contribution in [2.24, 2.45) is 5.73 Å². The summed E-state index contributed by atoms with van der Waals surface area (Å²) in [5, 5.41) is 7.52. The normalized spacial score (nSPS) is 10.5. The quantitative estimate of drug-likeness (QED) is 0.255. The number of hydrogen-bond acceptors (Lipinski definition) is 5. The van der Waals surface area contributed by atoms with E-state index in [1.165, 1.54) is 19.1 Å². The second kappa shape index (κ2) is 9.35. The fraction of sp³-hybridized carbons (Fsp3) is 0.0400. The monoisotopic (exact) mass is 447 g/mol. The summed E-state index contributed by atoms with van der Waals surface area (Å²) in [6.07, 6.45) is 0. The molecule has 0 aliphatic heterocycles. The summed E-state index contributed by atoms with van der Waals surface area (Å²) in [5.74, 6) is -1.50. The Bertz CT molecular complexity index is 1310. The van der Waals surface area contributed by atoms with E-state index in [4.69, 9.17) is 25.4 Å². The maximum Gasteiger partial charge on any atom is 0.259 e. The van der Waals surface area contributed by atoms with Crippen LogP contribution in [-0.4, -0.2) is 10.8 Å². The molecule has 0 radical (unpaired) electrons. The maximum absolute atomic E-state index is 14.7. The van der Waals surface area contributed by atoms with Gasteiger partial charge in [0.15, 0.2) is 11.6 Å². The third kappa shape index (κ3) is 5.07. The highest BCUT2D eigenvalue weighted by molar-refractivity contribution is 5.95. The van der Waals surface area contributed by atoms with Gasteiger partial charge in [0, 0.05) is 17.2 Å². The van der Waals surface area contributed by atoms with Gasteiger partial charge >= 0.3 is 0 Å². The molecule has 0 saturated carbocycles. The molecule has 0 unspecified atom stereocenters. The van der Waals surface area contributed by atoms with Gasteiger partial charge in [-0.1, -0.05) is 36.4 Å². The number of aromatic nitrogens is 1. The summed E-state index contributed by atoms with van der Waals surface area (Å²) in [4.78, 5) is 3.89. The molecular weight excluding hydrogens is 428 g/mol. The van der Waals surface area contributed by atoms with Crippen molar-refractivity contribution >= 4 is 5.84 Å². The van der Waals surface area contributed by atoms with Crippen molar-refractivity contribution < 1.29 is 23.0 Å². The van der Waals surface area contributed by atoms with Gasteiger partial charge in [-0.15, -0.1) is 0 Å². The number of benzene rings is 3. The summed E-state index contributed by atoms with van der Waals surface area (Å²) >= 11 is 0. The van der Waals surface area contributed by atoms with E-state index in [1.807, 2.05) is 18.2 Å². The van der Waals surface area contributed by atoms with Gasteiger partial charge in [0.25, 0.3) is 11.8 Å². The van der Waals surface area contributed by atoms with Crippen molar-refractivity contribution in [1.29, 1.82) is 5.41 Å². The lowest BCUT2D eigenvalue weighted by Crippen LogP contribution is -2.10. The van der Waals surface area contributed by atoms with E-state index in [2.05, 4.69) is 4.98 Å². The first-order valence-corrected chi connectivity index (χ1v) is 9.89. The van der Waals surface area contributed by atoms with Gasteiger partial charge in [-0.25, -0.2) is 8.78 Å². The number of para-hydroxylation sites is 1. The van der Waals surface area contributed by atoms with Gasteiger partial charge in [0.2, 0.25) is 0 Å². The van der Waals surface area contributed by atoms with E-state index >= 15 is 0 Å². The van der Waals surface area contributed by atoms with E-state index in [0.29, 0.717) is 17.1 Å². The van der Waals surface area contributed by atoms with Crippen molar-refractivity contribution in [2.45, 2.75) is 6.92 Å². The highest BCUT2D eigenvalue weighted by Crippen LogP contribution is 2.34. The zero-order chi connectivity index (χ0) is 23.4. The van der Waals surface area contributed by atoms with Crippen LogP contribution in [0.4, 0.5) is 8.78 Å². The number of ether oxygens (including phenoxy) is 3. The Labute approximate surface area is 188 Å². The number of rotatable bonds is 7. The highest BCUT2D eigenvalue weighted by atomic mass is 19.1.